The number of fused-ring (bicyclic) bond motifs is 1. The van der Waals surface area contributed by atoms with Crippen molar-refractivity contribution in [2.75, 3.05) is 0 Å². The van der Waals surface area contributed by atoms with Crippen molar-refractivity contribution in [2.24, 2.45) is 7.05 Å². The zero-order valence-electron chi connectivity index (χ0n) is 20.3. The van der Waals surface area contributed by atoms with E-state index in [4.69, 9.17) is 4.74 Å². The first-order chi connectivity index (χ1) is 18.4. The second kappa shape index (κ2) is 10.9. The Morgan fingerprint density at radius 1 is 1.03 bits per heavy atom. The number of aromatic amines is 1. The zero-order chi connectivity index (χ0) is 26.5. The number of H-pyrrole nitrogens is 1. The van der Waals surface area contributed by atoms with Crippen LogP contribution in [0.5, 0.6) is 0 Å². The van der Waals surface area contributed by atoms with E-state index in [1.165, 1.54) is 18.5 Å². The molecule has 5 aromatic rings. The average molecular weight is 515 g/mol. The molecule has 0 spiro atoms. The fourth-order valence-electron chi connectivity index (χ4n) is 3.82. The van der Waals surface area contributed by atoms with Crippen LogP contribution >= 0.6 is 0 Å². The van der Waals surface area contributed by atoms with Gasteiger partial charge in [-0.05, 0) is 34.9 Å². The number of nitrogens with zero attached hydrogens (tertiary/aromatic N) is 5. The van der Waals surface area contributed by atoms with Crippen LogP contribution in [0.4, 0.5) is 9.18 Å². The van der Waals surface area contributed by atoms with Gasteiger partial charge in [-0.1, -0.05) is 30.3 Å². The lowest BCUT2D eigenvalue weighted by molar-refractivity contribution is 0.0947. The fraction of sp³-hybridized carbons (Fsp3) is 0.154. The van der Waals surface area contributed by atoms with Crippen molar-refractivity contribution in [1.29, 1.82) is 0 Å². The number of alkyl carbamates (subject to hydrolysis) is 1. The summed E-state index contributed by atoms with van der Waals surface area (Å²) in [5.41, 5.74) is 3.51. The van der Waals surface area contributed by atoms with Crippen LogP contribution in [0.3, 0.4) is 0 Å². The molecule has 5 rings (SSSR count). The summed E-state index contributed by atoms with van der Waals surface area (Å²) in [5, 5.41) is 9.47. The van der Waals surface area contributed by atoms with E-state index in [0.717, 1.165) is 11.1 Å². The number of aryl methyl sites for hydroxylation is 1. The van der Waals surface area contributed by atoms with Gasteiger partial charge < -0.3 is 20.4 Å². The fourth-order valence-corrected chi connectivity index (χ4v) is 3.82. The van der Waals surface area contributed by atoms with Gasteiger partial charge >= 0.3 is 6.09 Å². The van der Waals surface area contributed by atoms with Crippen molar-refractivity contribution >= 4 is 23.2 Å². The molecule has 3 N–H and O–H groups in total. The van der Waals surface area contributed by atoms with Gasteiger partial charge in [-0.2, -0.15) is 5.10 Å². The Morgan fingerprint density at radius 3 is 2.66 bits per heavy atom. The van der Waals surface area contributed by atoms with Crippen LogP contribution < -0.4 is 10.6 Å². The lowest BCUT2D eigenvalue weighted by Gasteiger charge is -2.07. The lowest BCUT2D eigenvalue weighted by Crippen LogP contribution is -2.24. The van der Waals surface area contributed by atoms with Crippen molar-refractivity contribution in [3.63, 3.8) is 0 Å². The predicted molar refractivity (Wildman–Crippen MR) is 135 cm³/mol. The summed E-state index contributed by atoms with van der Waals surface area (Å²) in [4.78, 5) is 40.4. The zero-order valence-corrected chi connectivity index (χ0v) is 20.3. The largest absolute Gasteiger partial charge is 0.445 e. The summed E-state index contributed by atoms with van der Waals surface area (Å²) in [6, 6.07) is 13.9. The van der Waals surface area contributed by atoms with E-state index in [1.54, 1.807) is 30.2 Å². The monoisotopic (exact) mass is 514 g/mol. The number of hydrogen-bond donors (Lipinski definition) is 3. The minimum absolute atomic E-state index is 0.0332. The first-order valence-corrected chi connectivity index (χ1v) is 11.7. The molecule has 192 valence electrons. The molecule has 11 nitrogen and oxygen atoms in total. The number of aromatic nitrogens is 6. The summed E-state index contributed by atoms with van der Waals surface area (Å²) >= 11 is 0. The smallest absolute Gasteiger partial charge is 0.407 e. The molecular formula is C26H23FN8O3. The molecule has 0 bridgehead atoms. The van der Waals surface area contributed by atoms with Gasteiger partial charge in [0.05, 0.1) is 12.7 Å². The molecule has 0 aliphatic carbocycles. The van der Waals surface area contributed by atoms with Crippen molar-refractivity contribution in [2.45, 2.75) is 19.7 Å². The topological polar surface area (TPSA) is 140 Å². The van der Waals surface area contributed by atoms with Crippen molar-refractivity contribution in [3.8, 4) is 11.1 Å². The summed E-state index contributed by atoms with van der Waals surface area (Å²) < 4.78 is 21.0. The molecule has 0 saturated carbocycles. The molecule has 0 unspecified atom stereocenters. The number of amides is 2. The van der Waals surface area contributed by atoms with Crippen LogP contribution in [-0.4, -0.2) is 41.7 Å². The van der Waals surface area contributed by atoms with Crippen molar-refractivity contribution in [3.05, 3.63) is 95.7 Å². The Morgan fingerprint density at radius 2 is 1.87 bits per heavy atom. The molecule has 3 heterocycles. The first kappa shape index (κ1) is 24.6. The highest BCUT2D eigenvalue weighted by Gasteiger charge is 2.17. The van der Waals surface area contributed by atoms with Crippen molar-refractivity contribution < 1.29 is 18.7 Å². The average Bonchev–Trinajstić information content (AvgIpc) is 3.55. The SMILES string of the molecule is Cn1cc(-c2cc(F)cc(CNC(=O)c3ncnc4nc(CNC(=O)OCc5ccccc5)[nH]c34)c2)cn1. The molecule has 0 radical (unpaired) electrons. The number of imidazole rings is 1. The highest BCUT2D eigenvalue weighted by molar-refractivity contribution is 6.02. The third-order valence-electron chi connectivity index (χ3n) is 5.61. The summed E-state index contributed by atoms with van der Waals surface area (Å²) in [5.74, 6) is -0.541. The van der Waals surface area contributed by atoms with Gasteiger partial charge in [-0.25, -0.2) is 24.1 Å². The molecule has 0 aliphatic rings. The van der Waals surface area contributed by atoms with Crippen molar-refractivity contribution in [1.82, 2.24) is 40.3 Å². The molecule has 2 amide bonds. The van der Waals surface area contributed by atoms with Crippen LogP contribution in [0.25, 0.3) is 22.3 Å². The second-order valence-corrected chi connectivity index (χ2v) is 8.45. The van der Waals surface area contributed by atoms with E-state index in [-0.39, 0.29) is 31.0 Å². The number of nitrogens with one attached hydrogen (secondary N) is 3. The van der Waals surface area contributed by atoms with Gasteiger partial charge in [-0.15, -0.1) is 0 Å². The minimum atomic E-state index is -0.612. The van der Waals surface area contributed by atoms with Gasteiger partial charge in [0.1, 0.15) is 30.1 Å². The van der Waals surface area contributed by atoms with Gasteiger partial charge in [-0.3, -0.25) is 9.48 Å². The number of halogens is 1. The quantitative estimate of drug-likeness (QED) is 0.289. The van der Waals surface area contributed by atoms with E-state index in [0.29, 0.717) is 22.5 Å². The van der Waals surface area contributed by atoms with Gasteiger partial charge in [0.15, 0.2) is 11.3 Å². The molecule has 0 aliphatic heterocycles. The third kappa shape index (κ3) is 5.81. The van der Waals surface area contributed by atoms with Crippen LogP contribution in [0, 0.1) is 5.82 Å². The molecule has 3 aromatic heterocycles. The minimum Gasteiger partial charge on any atom is -0.445 e. The Bertz CT molecular complexity index is 1600. The second-order valence-electron chi connectivity index (χ2n) is 8.45. The maximum atomic E-state index is 14.2. The molecule has 12 heteroatoms. The number of carbonyl (C=O) groups excluding carboxylic acids is 2. The Hall–Kier alpha value is -5.13. The highest BCUT2D eigenvalue weighted by Crippen LogP contribution is 2.21. The number of rotatable bonds is 8. The maximum Gasteiger partial charge on any atom is 0.407 e. The molecule has 38 heavy (non-hydrogen) atoms. The molecular weight excluding hydrogens is 491 g/mol. The Balaban J connectivity index is 1.22. The predicted octanol–water partition coefficient (Wildman–Crippen LogP) is 3.25. The molecule has 2 aromatic carbocycles. The Labute approximate surface area is 216 Å². The number of hydrogen-bond acceptors (Lipinski definition) is 7. The van der Waals surface area contributed by atoms with Gasteiger partial charge in [0, 0.05) is 25.4 Å². The molecule has 0 saturated heterocycles. The summed E-state index contributed by atoms with van der Waals surface area (Å²) in [6.45, 7) is 0.244. The van der Waals surface area contributed by atoms with E-state index >= 15 is 0 Å². The number of carbonyl (C=O) groups is 2. The summed E-state index contributed by atoms with van der Waals surface area (Å²) in [6.07, 6.45) is 4.04. The van der Waals surface area contributed by atoms with Crippen LogP contribution in [0.15, 0.2) is 67.3 Å². The standard InChI is InChI=1S/C26H23FN8O3/c1-35-13-19(11-32-35)18-7-17(8-20(27)9-18)10-28-25(36)23-22-24(31-15-30-23)34-21(33-22)12-29-26(37)38-14-16-5-3-2-4-6-16/h2-9,11,13,15H,10,12,14H2,1H3,(H,28,36)(H,29,37)(H,30,31,33,34). The van der Waals surface area contributed by atoms with Crippen LogP contribution in [0.2, 0.25) is 0 Å². The first-order valence-electron chi connectivity index (χ1n) is 11.7. The molecule has 0 fully saturated rings. The third-order valence-corrected chi connectivity index (χ3v) is 5.61. The van der Waals surface area contributed by atoms with Crippen LogP contribution in [-0.2, 0) is 31.5 Å². The Kier molecular flexibility index (Phi) is 7.02. The maximum absolute atomic E-state index is 14.2. The van der Waals surface area contributed by atoms with E-state index < -0.39 is 17.8 Å². The highest BCUT2D eigenvalue weighted by atomic mass is 19.1. The van der Waals surface area contributed by atoms with Gasteiger partial charge in [0.25, 0.3) is 5.91 Å². The number of ether oxygens (including phenoxy) is 1. The number of benzene rings is 2. The summed E-state index contributed by atoms with van der Waals surface area (Å²) in [7, 11) is 1.78. The van der Waals surface area contributed by atoms with Gasteiger partial charge in [0.2, 0.25) is 0 Å². The molecule has 0 atom stereocenters. The van der Waals surface area contributed by atoms with Crippen LogP contribution in [0.1, 0.15) is 27.4 Å². The van der Waals surface area contributed by atoms with E-state index in [1.807, 2.05) is 30.3 Å². The lowest BCUT2D eigenvalue weighted by atomic mass is 10.1. The van der Waals surface area contributed by atoms with E-state index in [9.17, 15) is 14.0 Å². The normalized spacial score (nSPS) is 10.9. The van der Waals surface area contributed by atoms with E-state index in [2.05, 4.69) is 35.7 Å².